The van der Waals surface area contributed by atoms with Crippen LogP contribution in [0.5, 0.6) is 0 Å². The van der Waals surface area contributed by atoms with E-state index in [1.54, 1.807) is 0 Å². The summed E-state index contributed by atoms with van der Waals surface area (Å²) < 4.78 is 0. The average Bonchev–Trinajstić information content (AvgIpc) is 3.13. The van der Waals surface area contributed by atoms with Gasteiger partial charge in [-0.1, -0.05) is 99.5 Å². The first-order chi connectivity index (χ1) is 12.4. The van der Waals surface area contributed by atoms with Crippen molar-refractivity contribution < 1.29 is 0 Å². The molecule has 2 saturated carbocycles. The Morgan fingerprint density at radius 2 is 1.12 bits per heavy atom. The maximum absolute atomic E-state index is 4.09. The summed E-state index contributed by atoms with van der Waals surface area (Å²) >= 11 is 0. The maximum Gasteiger partial charge on any atom is 0.0138 e. The van der Waals surface area contributed by atoms with E-state index in [0.29, 0.717) is 12.0 Å². The molecule has 0 aliphatic heterocycles. The van der Waals surface area contributed by atoms with Crippen LogP contribution in [0.1, 0.15) is 82.1 Å². The molecule has 0 bridgehead atoms. The Labute approximate surface area is 154 Å². The second-order valence-corrected chi connectivity index (χ2v) is 7.89. The van der Waals surface area contributed by atoms with E-state index in [2.05, 4.69) is 59.9 Å². The third-order valence-corrected chi connectivity index (χ3v) is 5.99. The van der Waals surface area contributed by atoms with Crippen molar-refractivity contribution in [2.45, 2.75) is 88.6 Å². The summed E-state index contributed by atoms with van der Waals surface area (Å²) in [5.74, 6) is 0.672. The molecule has 0 radical (unpaired) electrons. The fraction of sp³-hybridized carbons (Fsp3) is 0.583. The second kappa shape index (κ2) is 10.6. The summed E-state index contributed by atoms with van der Waals surface area (Å²) in [5, 5.41) is 4.09. The standard InChI is InChI=1S/C24H35N/c1-2-6-10-15-21(16-11-7-3-1)23-19-14-20-24(23)25-22-17-12-8-4-5-9-13-18-22/h1-3,6-7,10-11,15-16,22-25H,4-5,8-9,12-14,17-20H2. The van der Waals surface area contributed by atoms with Crippen LogP contribution >= 0.6 is 0 Å². The van der Waals surface area contributed by atoms with Crippen molar-refractivity contribution in [3.63, 3.8) is 0 Å². The minimum Gasteiger partial charge on any atom is -0.311 e. The van der Waals surface area contributed by atoms with Gasteiger partial charge in [0.15, 0.2) is 0 Å². The van der Waals surface area contributed by atoms with Crippen LogP contribution in [0.15, 0.2) is 54.6 Å². The summed E-state index contributed by atoms with van der Waals surface area (Å²) in [7, 11) is 0. The van der Waals surface area contributed by atoms with Gasteiger partial charge >= 0.3 is 0 Å². The number of hydrogen-bond acceptors (Lipinski definition) is 1. The van der Waals surface area contributed by atoms with Gasteiger partial charge in [-0.05, 0) is 37.2 Å². The normalized spacial score (nSPS) is 25.4. The van der Waals surface area contributed by atoms with Gasteiger partial charge in [-0.2, -0.15) is 0 Å². The largest absolute Gasteiger partial charge is 0.311 e. The van der Waals surface area contributed by atoms with Crippen LogP contribution in [0.4, 0.5) is 0 Å². The first-order valence-corrected chi connectivity index (χ1v) is 10.6. The van der Waals surface area contributed by atoms with Gasteiger partial charge in [0.2, 0.25) is 0 Å². The monoisotopic (exact) mass is 337 g/mol. The molecule has 2 fully saturated rings. The molecule has 25 heavy (non-hydrogen) atoms. The summed E-state index contributed by atoms with van der Waals surface area (Å²) in [6.45, 7) is 0. The van der Waals surface area contributed by atoms with Crippen molar-refractivity contribution in [1.82, 2.24) is 5.32 Å². The topological polar surface area (TPSA) is 12.0 Å². The van der Waals surface area contributed by atoms with Crippen LogP contribution in [0, 0.1) is 0 Å². The molecular weight excluding hydrogens is 302 g/mol. The van der Waals surface area contributed by atoms with Crippen molar-refractivity contribution in [3.8, 4) is 0 Å². The van der Waals surface area contributed by atoms with E-state index >= 15 is 0 Å². The van der Waals surface area contributed by atoms with Gasteiger partial charge in [0.05, 0.1) is 0 Å². The van der Waals surface area contributed by atoms with Crippen LogP contribution in [0.25, 0.3) is 0 Å². The fourth-order valence-electron chi connectivity index (χ4n) is 4.62. The molecule has 2 atom stereocenters. The van der Waals surface area contributed by atoms with E-state index in [0.717, 1.165) is 6.04 Å². The highest BCUT2D eigenvalue weighted by Gasteiger charge is 2.29. The van der Waals surface area contributed by atoms with Gasteiger partial charge in [-0.3, -0.25) is 0 Å². The Morgan fingerprint density at radius 1 is 0.560 bits per heavy atom. The molecule has 2 unspecified atom stereocenters. The molecule has 0 heterocycles. The van der Waals surface area contributed by atoms with Crippen LogP contribution in [-0.2, 0) is 0 Å². The highest BCUT2D eigenvalue weighted by atomic mass is 15.0. The lowest BCUT2D eigenvalue weighted by Crippen LogP contribution is -2.39. The molecule has 2 aliphatic carbocycles. The van der Waals surface area contributed by atoms with Gasteiger partial charge in [-0.25, -0.2) is 0 Å². The van der Waals surface area contributed by atoms with E-state index in [1.807, 2.05) is 0 Å². The third-order valence-electron chi connectivity index (χ3n) is 5.99. The van der Waals surface area contributed by atoms with Crippen LogP contribution in [-0.4, -0.2) is 12.1 Å². The second-order valence-electron chi connectivity index (χ2n) is 7.89. The average molecular weight is 338 g/mol. The first-order valence-electron chi connectivity index (χ1n) is 10.6. The molecule has 0 amide bonds. The smallest absolute Gasteiger partial charge is 0.0138 e. The predicted molar refractivity (Wildman–Crippen MR) is 108 cm³/mol. The van der Waals surface area contributed by atoms with E-state index in [1.165, 1.54) is 76.2 Å². The minimum atomic E-state index is 0.664. The quantitative estimate of drug-likeness (QED) is 0.660. The van der Waals surface area contributed by atoms with Gasteiger partial charge in [0.25, 0.3) is 0 Å². The van der Waals surface area contributed by atoms with Crippen LogP contribution < -0.4 is 5.32 Å². The highest BCUT2D eigenvalue weighted by molar-refractivity contribution is 5.20. The summed E-state index contributed by atoms with van der Waals surface area (Å²) in [6, 6.07) is 21.0. The number of rotatable bonds is 3. The lowest BCUT2D eigenvalue weighted by Gasteiger charge is -2.27. The van der Waals surface area contributed by atoms with Crippen molar-refractivity contribution >= 4 is 0 Å². The Morgan fingerprint density at radius 3 is 1.76 bits per heavy atom. The van der Waals surface area contributed by atoms with Crippen molar-refractivity contribution in [1.29, 1.82) is 0 Å². The summed E-state index contributed by atoms with van der Waals surface area (Å²) in [4.78, 5) is 0. The molecule has 1 N–H and O–H groups in total. The Kier molecular flexibility index (Phi) is 7.83. The van der Waals surface area contributed by atoms with Crippen molar-refractivity contribution in [2.24, 2.45) is 0 Å². The van der Waals surface area contributed by atoms with Crippen LogP contribution in [0.2, 0.25) is 0 Å². The zero-order valence-electron chi connectivity index (χ0n) is 15.7. The van der Waals surface area contributed by atoms with E-state index in [4.69, 9.17) is 0 Å². The first kappa shape index (κ1) is 18.5. The molecule has 136 valence electrons. The molecule has 1 aromatic carbocycles. The van der Waals surface area contributed by atoms with Crippen molar-refractivity contribution in [2.75, 3.05) is 0 Å². The maximum atomic E-state index is 4.09. The number of nitrogens with one attached hydrogen (secondary N) is 1. The molecule has 0 aromatic heterocycles. The molecule has 0 spiro atoms. The fourth-order valence-corrected chi connectivity index (χ4v) is 4.62. The minimum absolute atomic E-state index is 0.664. The zero-order valence-corrected chi connectivity index (χ0v) is 15.7. The van der Waals surface area contributed by atoms with Crippen LogP contribution in [0.3, 0.4) is 0 Å². The Balaban J connectivity index is 1.69. The van der Waals surface area contributed by atoms with Crippen molar-refractivity contribution in [3.05, 3.63) is 60.2 Å². The molecular formula is C24H35N. The molecule has 2 aliphatic rings. The lowest BCUT2D eigenvalue weighted by atomic mass is 9.93. The van der Waals surface area contributed by atoms with Gasteiger partial charge in [0.1, 0.15) is 0 Å². The summed E-state index contributed by atoms with van der Waals surface area (Å²) in [6.07, 6.45) is 15.4. The van der Waals surface area contributed by atoms with Gasteiger partial charge in [0, 0.05) is 12.1 Å². The van der Waals surface area contributed by atoms with E-state index in [9.17, 15) is 0 Å². The SMILES string of the molecule is c1ccccc(C2CCCC2NC2CCCCCCCC2)cccc1. The van der Waals surface area contributed by atoms with E-state index < -0.39 is 0 Å². The predicted octanol–water partition coefficient (Wildman–Crippen LogP) is 6.54. The number of hydrogen-bond donors (Lipinski definition) is 1. The van der Waals surface area contributed by atoms with Gasteiger partial charge < -0.3 is 5.32 Å². The summed E-state index contributed by atoms with van der Waals surface area (Å²) in [5.41, 5.74) is 1.49. The third kappa shape index (κ3) is 6.15. The lowest BCUT2D eigenvalue weighted by molar-refractivity contribution is 0.362. The Bertz CT molecular complexity index is 516. The molecule has 1 heteroatoms. The molecule has 3 rings (SSSR count). The van der Waals surface area contributed by atoms with E-state index in [-0.39, 0.29) is 0 Å². The molecule has 1 aromatic rings. The molecule has 0 saturated heterocycles. The van der Waals surface area contributed by atoms with Gasteiger partial charge in [-0.15, -0.1) is 0 Å². The highest BCUT2D eigenvalue weighted by Crippen LogP contribution is 2.35. The molecule has 1 nitrogen and oxygen atoms in total. The zero-order chi connectivity index (χ0) is 17.2. The Hall–Kier alpha value is -1.34.